The first-order valence-electron chi connectivity index (χ1n) is 7.09. The number of rotatable bonds is 5. The Kier molecular flexibility index (Phi) is 5.20. The predicted molar refractivity (Wildman–Crippen MR) is 80.9 cm³/mol. The number of oxime groups is 1. The number of aliphatic hydroxyl groups excluding tert-OH is 1. The molecule has 1 aliphatic heterocycles. The van der Waals surface area contributed by atoms with Gasteiger partial charge in [0.15, 0.2) is 14.4 Å². The highest BCUT2D eigenvalue weighted by molar-refractivity contribution is 6.74. The van der Waals surface area contributed by atoms with E-state index in [1.165, 1.54) is 0 Å². The molecule has 5 heteroatoms. The third-order valence-electron chi connectivity index (χ3n) is 4.32. The van der Waals surface area contributed by atoms with Crippen LogP contribution < -0.4 is 0 Å². The zero-order valence-corrected chi connectivity index (χ0v) is 14.4. The van der Waals surface area contributed by atoms with Crippen molar-refractivity contribution in [3.05, 3.63) is 0 Å². The molecule has 0 radical (unpaired) electrons. The molecule has 0 spiro atoms. The Bertz CT molecular complexity index is 334. The van der Waals surface area contributed by atoms with Crippen LogP contribution in [-0.4, -0.2) is 38.0 Å². The summed E-state index contributed by atoms with van der Waals surface area (Å²) in [5.74, 6) is 0.248. The SMILES string of the molecule is C[C@@H](CO[Si](C)(C)C(C)(C)C)C1=NO[C@@H]([C@@H](C)O)C1. The van der Waals surface area contributed by atoms with Crippen LogP contribution in [0.2, 0.25) is 18.1 Å². The molecule has 3 atom stereocenters. The first-order chi connectivity index (χ1) is 8.54. The van der Waals surface area contributed by atoms with Crippen LogP contribution in [0.3, 0.4) is 0 Å². The summed E-state index contributed by atoms with van der Waals surface area (Å²) in [6, 6.07) is 0. The third kappa shape index (κ3) is 4.29. The van der Waals surface area contributed by atoms with Gasteiger partial charge < -0.3 is 14.4 Å². The van der Waals surface area contributed by atoms with E-state index in [1.807, 2.05) is 0 Å². The van der Waals surface area contributed by atoms with Crippen molar-refractivity contribution >= 4 is 14.0 Å². The summed E-state index contributed by atoms with van der Waals surface area (Å²) in [5.41, 5.74) is 1.00. The molecule has 0 aliphatic carbocycles. The zero-order valence-electron chi connectivity index (χ0n) is 13.4. The molecule has 0 bridgehead atoms. The maximum atomic E-state index is 9.49. The Morgan fingerprint density at radius 3 is 2.42 bits per heavy atom. The van der Waals surface area contributed by atoms with Gasteiger partial charge in [0.05, 0.1) is 11.8 Å². The van der Waals surface area contributed by atoms with E-state index < -0.39 is 14.4 Å². The van der Waals surface area contributed by atoms with Gasteiger partial charge in [-0.1, -0.05) is 32.9 Å². The van der Waals surface area contributed by atoms with E-state index in [-0.39, 0.29) is 17.1 Å². The zero-order chi connectivity index (χ0) is 14.8. The molecule has 0 saturated heterocycles. The topological polar surface area (TPSA) is 51.0 Å². The summed E-state index contributed by atoms with van der Waals surface area (Å²) in [5, 5.41) is 13.8. The van der Waals surface area contributed by atoms with Gasteiger partial charge in [-0.15, -0.1) is 0 Å². The molecule has 1 heterocycles. The van der Waals surface area contributed by atoms with E-state index in [2.05, 4.69) is 45.9 Å². The number of nitrogens with zero attached hydrogens (tertiary/aromatic N) is 1. The van der Waals surface area contributed by atoms with Gasteiger partial charge in [0.1, 0.15) is 0 Å². The summed E-state index contributed by atoms with van der Waals surface area (Å²) in [6.07, 6.45) is 0.0414. The van der Waals surface area contributed by atoms with Crippen LogP contribution in [0.5, 0.6) is 0 Å². The minimum absolute atomic E-state index is 0.190. The van der Waals surface area contributed by atoms with Crippen LogP contribution in [-0.2, 0) is 9.26 Å². The average Bonchev–Trinajstić information content (AvgIpc) is 2.73. The number of hydrogen-bond acceptors (Lipinski definition) is 4. The normalized spacial score (nSPS) is 23.8. The molecular weight excluding hydrogens is 258 g/mol. The van der Waals surface area contributed by atoms with Gasteiger partial charge in [-0.05, 0) is 25.1 Å². The lowest BCUT2D eigenvalue weighted by atomic mass is 10.00. The third-order valence-corrected chi connectivity index (χ3v) is 8.82. The van der Waals surface area contributed by atoms with Crippen molar-refractivity contribution in [2.24, 2.45) is 11.1 Å². The van der Waals surface area contributed by atoms with Crippen LogP contribution in [0.4, 0.5) is 0 Å². The van der Waals surface area contributed by atoms with Gasteiger partial charge in [-0.2, -0.15) is 0 Å². The molecule has 19 heavy (non-hydrogen) atoms. The molecular formula is C14H29NO3Si. The first kappa shape index (κ1) is 16.7. The Balaban J connectivity index is 2.47. The van der Waals surface area contributed by atoms with Crippen molar-refractivity contribution in [2.75, 3.05) is 6.61 Å². The lowest BCUT2D eigenvalue weighted by molar-refractivity contribution is -0.00780. The summed E-state index contributed by atoms with van der Waals surface area (Å²) >= 11 is 0. The maximum Gasteiger partial charge on any atom is 0.192 e. The van der Waals surface area contributed by atoms with E-state index in [9.17, 15) is 5.11 Å². The molecule has 0 aromatic carbocycles. The molecule has 1 aliphatic rings. The van der Waals surface area contributed by atoms with Crippen LogP contribution in [0.15, 0.2) is 5.16 Å². The molecule has 0 amide bonds. The standard InChI is InChI=1S/C14H29NO3Si/c1-10(9-17-19(6,7)14(3,4)5)12-8-13(11(2)16)18-15-12/h10-11,13,16H,8-9H2,1-7H3/t10-,11+,13+/m0/s1. The molecule has 1 N–H and O–H groups in total. The van der Waals surface area contributed by atoms with Gasteiger partial charge >= 0.3 is 0 Å². The van der Waals surface area contributed by atoms with E-state index in [1.54, 1.807) is 6.92 Å². The fourth-order valence-electron chi connectivity index (χ4n) is 1.61. The molecule has 4 nitrogen and oxygen atoms in total. The Labute approximate surface area is 118 Å². The average molecular weight is 287 g/mol. The maximum absolute atomic E-state index is 9.49. The first-order valence-corrected chi connectivity index (χ1v) is 10.00. The van der Waals surface area contributed by atoms with Crippen LogP contribution >= 0.6 is 0 Å². The van der Waals surface area contributed by atoms with E-state index in [0.29, 0.717) is 13.0 Å². The van der Waals surface area contributed by atoms with Crippen LogP contribution in [0.25, 0.3) is 0 Å². The minimum atomic E-state index is -1.70. The fraction of sp³-hybridized carbons (Fsp3) is 0.929. The van der Waals surface area contributed by atoms with Crippen LogP contribution in [0, 0.1) is 5.92 Å². The number of hydrogen-bond donors (Lipinski definition) is 1. The second-order valence-corrected chi connectivity index (χ2v) is 12.0. The van der Waals surface area contributed by atoms with Crippen molar-refractivity contribution in [1.29, 1.82) is 0 Å². The van der Waals surface area contributed by atoms with Gasteiger partial charge in [0.2, 0.25) is 0 Å². The predicted octanol–water partition coefficient (Wildman–Crippen LogP) is 3.17. The summed E-state index contributed by atoms with van der Waals surface area (Å²) < 4.78 is 6.20. The fourth-order valence-corrected chi connectivity index (χ4v) is 2.71. The van der Waals surface area contributed by atoms with Crippen molar-refractivity contribution in [3.8, 4) is 0 Å². The highest BCUT2D eigenvalue weighted by Crippen LogP contribution is 2.37. The smallest absolute Gasteiger partial charge is 0.192 e. The summed E-state index contributed by atoms with van der Waals surface area (Å²) in [4.78, 5) is 5.24. The molecule has 0 saturated carbocycles. The largest absolute Gasteiger partial charge is 0.416 e. The Morgan fingerprint density at radius 2 is 2.00 bits per heavy atom. The lowest BCUT2D eigenvalue weighted by Gasteiger charge is -2.36. The quantitative estimate of drug-likeness (QED) is 0.790. The summed E-state index contributed by atoms with van der Waals surface area (Å²) in [6.45, 7) is 15.8. The van der Waals surface area contributed by atoms with Gasteiger partial charge in [-0.3, -0.25) is 0 Å². The lowest BCUT2D eigenvalue weighted by Crippen LogP contribution is -2.42. The number of aliphatic hydroxyl groups is 1. The molecule has 1 rings (SSSR count). The van der Waals surface area contributed by atoms with Crippen molar-refractivity contribution in [1.82, 2.24) is 0 Å². The van der Waals surface area contributed by atoms with Crippen LogP contribution in [0.1, 0.15) is 41.0 Å². The monoisotopic (exact) mass is 287 g/mol. The molecule has 0 aromatic heterocycles. The molecule has 0 unspecified atom stereocenters. The highest BCUT2D eigenvalue weighted by Gasteiger charge is 2.38. The Morgan fingerprint density at radius 1 is 1.42 bits per heavy atom. The van der Waals surface area contributed by atoms with Crippen molar-refractivity contribution in [3.63, 3.8) is 0 Å². The highest BCUT2D eigenvalue weighted by atomic mass is 28.4. The van der Waals surface area contributed by atoms with Crippen molar-refractivity contribution < 1.29 is 14.4 Å². The second-order valence-electron chi connectivity index (χ2n) is 7.14. The second kappa shape index (κ2) is 5.93. The molecule has 0 aromatic rings. The summed E-state index contributed by atoms with van der Waals surface area (Å²) in [7, 11) is -1.70. The molecule has 112 valence electrons. The van der Waals surface area contributed by atoms with E-state index >= 15 is 0 Å². The van der Waals surface area contributed by atoms with Gasteiger partial charge in [0.25, 0.3) is 0 Å². The Hall–Kier alpha value is -0.393. The minimum Gasteiger partial charge on any atom is -0.416 e. The van der Waals surface area contributed by atoms with Gasteiger partial charge in [-0.25, -0.2) is 0 Å². The van der Waals surface area contributed by atoms with Gasteiger partial charge in [0, 0.05) is 18.9 Å². The van der Waals surface area contributed by atoms with Crippen molar-refractivity contribution in [2.45, 2.75) is 71.4 Å². The van der Waals surface area contributed by atoms with E-state index in [4.69, 9.17) is 9.26 Å². The van der Waals surface area contributed by atoms with E-state index in [0.717, 1.165) is 5.71 Å². The molecule has 0 fully saturated rings.